The molecule has 1 aromatic carbocycles. The van der Waals surface area contributed by atoms with Gasteiger partial charge in [0.1, 0.15) is 0 Å². The van der Waals surface area contributed by atoms with Gasteiger partial charge in [0.05, 0.1) is 9.35 Å². The largest absolute Gasteiger partial charge is 0.479 e. The molecule has 0 aliphatic carbocycles. The van der Waals surface area contributed by atoms with Crippen LogP contribution in [0.1, 0.15) is 22.8 Å². The van der Waals surface area contributed by atoms with Crippen molar-refractivity contribution < 1.29 is 14.7 Å². The summed E-state index contributed by atoms with van der Waals surface area (Å²) in [6, 6.07) is 10.3. The minimum absolute atomic E-state index is 0.416. The van der Waals surface area contributed by atoms with Gasteiger partial charge in [-0.15, -0.1) is 11.3 Å². The monoisotopic (exact) mass is 353 g/mol. The van der Waals surface area contributed by atoms with Crippen molar-refractivity contribution in [2.24, 2.45) is 0 Å². The minimum Gasteiger partial charge on any atom is -0.479 e. The fraction of sp³-hybridized carbons (Fsp3) is 0.143. The SMILES string of the molecule is CC(NC(=O)c1csc(Br)c1)(C(=O)O)c1ccccc1. The van der Waals surface area contributed by atoms with Crippen LogP contribution in [0.2, 0.25) is 0 Å². The van der Waals surface area contributed by atoms with Gasteiger partial charge in [0.15, 0.2) is 5.54 Å². The fourth-order valence-electron chi connectivity index (χ4n) is 1.75. The summed E-state index contributed by atoms with van der Waals surface area (Å²) in [6.07, 6.45) is 0. The number of carboxylic acids is 1. The number of amides is 1. The number of carboxylic acid groups (broad SMARTS) is 1. The van der Waals surface area contributed by atoms with Crippen molar-refractivity contribution in [3.8, 4) is 0 Å². The second kappa shape index (κ2) is 5.76. The second-order valence-electron chi connectivity index (χ2n) is 4.39. The van der Waals surface area contributed by atoms with Gasteiger partial charge in [0.2, 0.25) is 0 Å². The molecule has 2 rings (SSSR count). The van der Waals surface area contributed by atoms with Crippen LogP contribution < -0.4 is 5.32 Å². The Labute approximate surface area is 128 Å². The Bertz CT molecular complexity index is 641. The van der Waals surface area contributed by atoms with Crippen molar-refractivity contribution in [1.82, 2.24) is 5.32 Å². The quantitative estimate of drug-likeness (QED) is 0.886. The lowest BCUT2D eigenvalue weighted by Crippen LogP contribution is -2.49. The molecule has 0 bridgehead atoms. The summed E-state index contributed by atoms with van der Waals surface area (Å²) in [7, 11) is 0. The number of benzene rings is 1. The van der Waals surface area contributed by atoms with E-state index >= 15 is 0 Å². The van der Waals surface area contributed by atoms with E-state index in [0.717, 1.165) is 3.79 Å². The molecule has 4 nitrogen and oxygen atoms in total. The van der Waals surface area contributed by atoms with Crippen molar-refractivity contribution in [2.45, 2.75) is 12.5 Å². The van der Waals surface area contributed by atoms with Crippen LogP contribution in [-0.2, 0) is 10.3 Å². The molecule has 0 spiro atoms. The van der Waals surface area contributed by atoms with E-state index in [9.17, 15) is 14.7 Å². The van der Waals surface area contributed by atoms with E-state index in [-0.39, 0.29) is 0 Å². The predicted molar refractivity (Wildman–Crippen MR) is 80.9 cm³/mol. The van der Waals surface area contributed by atoms with Crippen LogP contribution in [-0.4, -0.2) is 17.0 Å². The third kappa shape index (κ3) is 2.91. The van der Waals surface area contributed by atoms with Gasteiger partial charge < -0.3 is 10.4 Å². The number of hydrogen-bond acceptors (Lipinski definition) is 3. The van der Waals surface area contributed by atoms with E-state index in [0.29, 0.717) is 11.1 Å². The molecule has 104 valence electrons. The molecule has 1 aromatic heterocycles. The van der Waals surface area contributed by atoms with Gasteiger partial charge in [-0.2, -0.15) is 0 Å². The Hall–Kier alpha value is -1.66. The lowest BCUT2D eigenvalue weighted by molar-refractivity contribution is -0.144. The van der Waals surface area contributed by atoms with Crippen LogP contribution >= 0.6 is 27.3 Å². The van der Waals surface area contributed by atoms with Crippen LogP contribution in [0, 0.1) is 0 Å². The highest BCUT2D eigenvalue weighted by Crippen LogP contribution is 2.24. The van der Waals surface area contributed by atoms with Gasteiger partial charge in [-0.1, -0.05) is 30.3 Å². The molecule has 2 N–H and O–H groups in total. The number of aliphatic carboxylic acids is 1. The summed E-state index contributed by atoms with van der Waals surface area (Å²) in [5, 5.41) is 13.7. The standard InChI is InChI=1S/C14H12BrNO3S/c1-14(13(18)19,10-5-3-2-4-6-10)16-12(17)9-7-11(15)20-8-9/h2-8H,1H3,(H,16,17)(H,18,19). The maximum atomic E-state index is 12.2. The van der Waals surface area contributed by atoms with Gasteiger partial charge in [-0.05, 0) is 34.5 Å². The zero-order chi connectivity index (χ0) is 14.8. The molecule has 0 fully saturated rings. The van der Waals surface area contributed by atoms with Crippen molar-refractivity contribution >= 4 is 39.1 Å². The van der Waals surface area contributed by atoms with Crippen LogP contribution in [0.3, 0.4) is 0 Å². The van der Waals surface area contributed by atoms with Crippen molar-refractivity contribution in [3.63, 3.8) is 0 Å². The fourth-order valence-corrected chi connectivity index (χ4v) is 2.89. The Kier molecular flexibility index (Phi) is 4.25. The third-order valence-electron chi connectivity index (χ3n) is 2.97. The smallest absolute Gasteiger partial charge is 0.333 e. The third-order valence-corrected chi connectivity index (χ3v) is 4.48. The molecule has 1 atom stereocenters. The zero-order valence-electron chi connectivity index (χ0n) is 10.6. The highest BCUT2D eigenvalue weighted by molar-refractivity contribution is 9.11. The molecule has 1 heterocycles. The van der Waals surface area contributed by atoms with Gasteiger partial charge in [0, 0.05) is 5.38 Å². The highest BCUT2D eigenvalue weighted by atomic mass is 79.9. The molecule has 2 aromatic rings. The summed E-state index contributed by atoms with van der Waals surface area (Å²) in [5.41, 5.74) is -0.507. The first-order valence-corrected chi connectivity index (χ1v) is 7.46. The minimum atomic E-state index is -1.47. The molecule has 1 unspecified atom stereocenters. The highest BCUT2D eigenvalue weighted by Gasteiger charge is 2.37. The number of carbonyl (C=O) groups excluding carboxylic acids is 1. The van der Waals surface area contributed by atoms with Crippen molar-refractivity contribution in [2.75, 3.05) is 0 Å². The molecule has 1 amide bonds. The number of rotatable bonds is 4. The maximum absolute atomic E-state index is 12.2. The first kappa shape index (κ1) is 14.7. The molecule has 0 aliphatic rings. The molecular weight excluding hydrogens is 342 g/mol. The lowest BCUT2D eigenvalue weighted by Gasteiger charge is -2.26. The number of thiophene rings is 1. The topological polar surface area (TPSA) is 66.4 Å². The average Bonchev–Trinajstić information content (AvgIpc) is 2.86. The Morgan fingerprint density at radius 2 is 1.95 bits per heavy atom. The van der Waals surface area contributed by atoms with E-state index in [1.807, 2.05) is 0 Å². The Balaban J connectivity index is 2.31. The van der Waals surface area contributed by atoms with E-state index in [4.69, 9.17) is 0 Å². The van der Waals surface area contributed by atoms with E-state index in [2.05, 4.69) is 21.2 Å². The Morgan fingerprint density at radius 3 is 2.45 bits per heavy atom. The predicted octanol–water partition coefficient (Wildman–Crippen LogP) is 3.24. The number of halogens is 1. The summed E-state index contributed by atoms with van der Waals surface area (Å²) in [5.74, 6) is -1.52. The number of hydrogen-bond donors (Lipinski definition) is 2. The lowest BCUT2D eigenvalue weighted by atomic mass is 9.92. The zero-order valence-corrected chi connectivity index (χ0v) is 13.0. The number of carbonyl (C=O) groups is 2. The summed E-state index contributed by atoms with van der Waals surface area (Å²) in [4.78, 5) is 23.7. The van der Waals surface area contributed by atoms with Gasteiger partial charge in [-0.3, -0.25) is 4.79 Å². The second-order valence-corrected chi connectivity index (χ2v) is 6.68. The molecule has 20 heavy (non-hydrogen) atoms. The summed E-state index contributed by atoms with van der Waals surface area (Å²) in [6.45, 7) is 1.48. The average molecular weight is 354 g/mol. The van der Waals surface area contributed by atoms with E-state index in [1.54, 1.807) is 41.8 Å². The normalized spacial score (nSPS) is 13.5. The van der Waals surface area contributed by atoms with Crippen LogP contribution in [0.25, 0.3) is 0 Å². The van der Waals surface area contributed by atoms with Crippen molar-refractivity contribution in [3.05, 3.63) is 56.7 Å². The van der Waals surface area contributed by atoms with Gasteiger partial charge in [0.25, 0.3) is 5.91 Å². The van der Waals surface area contributed by atoms with E-state index < -0.39 is 17.4 Å². The van der Waals surface area contributed by atoms with Crippen LogP contribution in [0.5, 0.6) is 0 Å². The first-order chi connectivity index (χ1) is 9.43. The first-order valence-electron chi connectivity index (χ1n) is 5.79. The molecule has 6 heteroatoms. The molecule has 0 saturated heterocycles. The molecular formula is C14H12BrNO3S. The summed E-state index contributed by atoms with van der Waals surface area (Å²) >= 11 is 4.65. The van der Waals surface area contributed by atoms with Crippen LogP contribution in [0.4, 0.5) is 0 Å². The summed E-state index contributed by atoms with van der Waals surface area (Å²) < 4.78 is 0.819. The van der Waals surface area contributed by atoms with E-state index in [1.165, 1.54) is 18.3 Å². The van der Waals surface area contributed by atoms with Crippen LogP contribution in [0.15, 0.2) is 45.6 Å². The number of nitrogens with one attached hydrogen (secondary N) is 1. The van der Waals surface area contributed by atoms with Gasteiger partial charge >= 0.3 is 5.97 Å². The van der Waals surface area contributed by atoms with Gasteiger partial charge in [-0.25, -0.2) is 4.79 Å². The molecule has 0 saturated carbocycles. The maximum Gasteiger partial charge on any atom is 0.333 e. The van der Waals surface area contributed by atoms with Crippen molar-refractivity contribution in [1.29, 1.82) is 0 Å². The molecule has 0 aliphatic heterocycles. The molecule has 0 radical (unpaired) electrons. The Morgan fingerprint density at radius 1 is 1.30 bits per heavy atom.